The third-order valence-electron chi connectivity index (χ3n) is 8.65. The van der Waals surface area contributed by atoms with Gasteiger partial charge < -0.3 is 19.6 Å². The zero-order valence-electron chi connectivity index (χ0n) is 24.6. The van der Waals surface area contributed by atoms with Crippen molar-refractivity contribution in [3.8, 4) is 0 Å². The summed E-state index contributed by atoms with van der Waals surface area (Å²) in [6.45, 7) is 12.8. The lowest BCUT2D eigenvalue weighted by Crippen LogP contribution is -2.56. The summed E-state index contributed by atoms with van der Waals surface area (Å²) in [7, 11) is 0. The number of benzene rings is 1. The molecule has 1 N–H and O–H groups in total. The van der Waals surface area contributed by atoms with Gasteiger partial charge in [0.1, 0.15) is 5.60 Å². The van der Waals surface area contributed by atoms with E-state index in [9.17, 15) is 22.8 Å². The Kier molecular flexibility index (Phi) is 11.1. The number of ether oxygens (including phenoxy) is 1. The molecule has 0 aliphatic carbocycles. The summed E-state index contributed by atoms with van der Waals surface area (Å²) in [6, 6.07) is 6.81. The maximum Gasteiger partial charge on any atom is 0.490 e. The molecule has 11 heteroatoms. The second-order valence-electron chi connectivity index (χ2n) is 11.4. The standard InChI is InChI=1S/C28H43N3O3.C2HF3O2/c1-5-7-11-24-28(34-27(33)31(24)16-6-2)14-19-29(20-15-28)23-12-17-30(18-13-23)26(32)25-21(3)9-8-10-22(25)4;3-2(4,5)1(6)7/h8-10,23-24H,5-7,11-20H2,1-4H3;(H,6,7). The number of carbonyl (C=O) groups is 3. The highest BCUT2D eigenvalue weighted by Crippen LogP contribution is 2.41. The summed E-state index contributed by atoms with van der Waals surface area (Å²) in [5.74, 6) is -2.58. The van der Waals surface area contributed by atoms with Gasteiger partial charge in [0.2, 0.25) is 0 Å². The van der Waals surface area contributed by atoms with Crippen molar-refractivity contribution in [2.75, 3.05) is 32.7 Å². The van der Waals surface area contributed by atoms with E-state index in [2.05, 4.69) is 18.7 Å². The van der Waals surface area contributed by atoms with Crippen LogP contribution < -0.4 is 0 Å². The third-order valence-corrected chi connectivity index (χ3v) is 8.65. The highest BCUT2D eigenvalue weighted by atomic mass is 19.4. The average molecular weight is 584 g/mol. The molecule has 1 spiro atoms. The second-order valence-corrected chi connectivity index (χ2v) is 11.4. The fourth-order valence-electron chi connectivity index (χ4n) is 6.46. The molecule has 1 atom stereocenters. The first kappa shape index (κ1) is 32.7. The highest BCUT2D eigenvalue weighted by Gasteiger charge is 2.54. The number of likely N-dealkylation sites (tertiary alicyclic amines) is 2. The van der Waals surface area contributed by atoms with Gasteiger partial charge in [0.15, 0.2) is 0 Å². The molecule has 3 aliphatic rings. The topological polar surface area (TPSA) is 90.4 Å². The van der Waals surface area contributed by atoms with E-state index in [1.165, 1.54) is 0 Å². The molecule has 4 rings (SSSR count). The monoisotopic (exact) mass is 583 g/mol. The zero-order chi connectivity index (χ0) is 30.4. The summed E-state index contributed by atoms with van der Waals surface area (Å²) >= 11 is 0. The molecule has 3 heterocycles. The minimum atomic E-state index is -5.08. The van der Waals surface area contributed by atoms with Gasteiger partial charge >= 0.3 is 18.2 Å². The van der Waals surface area contributed by atoms with Crippen LogP contribution >= 0.6 is 0 Å². The van der Waals surface area contributed by atoms with E-state index in [0.717, 1.165) is 101 Å². The van der Waals surface area contributed by atoms with Gasteiger partial charge in [-0.15, -0.1) is 0 Å². The zero-order valence-corrected chi connectivity index (χ0v) is 24.6. The van der Waals surface area contributed by atoms with Gasteiger partial charge in [-0.25, -0.2) is 9.59 Å². The van der Waals surface area contributed by atoms with Gasteiger partial charge in [0, 0.05) is 57.2 Å². The summed E-state index contributed by atoms with van der Waals surface area (Å²) < 4.78 is 37.9. The van der Waals surface area contributed by atoms with E-state index in [4.69, 9.17) is 14.6 Å². The molecule has 1 unspecified atom stereocenters. The van der Waals surface area contributed by atoms with E-state index < -0.39 is 12.1 Å². The molecule has 1 aromatic rings. The number of nitrogens with zero attached hydrogens (tertiary/aromatic N) is 3. The summed E-state index contributed by atoms with van der Waals surface area (Å²) in [6.07, 6.45) is 3.00. The van der Waals surface area contributed by atoms with Gasteiger partial charge in [0.25, 0.3) is 5.91 Å². The van der Waals surface area contributed by atoms with Crippen molar-refractivity contribution in [1.82, 2.24) is 14.7 Å². The van der Waals surface area contributed by atoms with Crippen LogP contribution in [0.2, 0.25) is 0 Å². The third kappa shape index (κ3) is 7.72. The Bertz CT molecular complexity index is 1040. The van der Waals surface area contributed by atoms with Gasteiger partial charge in [-0.3, -0.25) is 9.69 Å². The molecule has 3 saturated heterocycles. The van der Waals surface area contributed by atoms with Crippen LogP contribution in [-0.2, 0) is 9.53 Å². The van der Waals surface area contributed by atoms with E-state index in [1.54, 1.807) is 0 Å². The van der Waals surface area contributed by atoms with E-state index >= 15 is 0 Å². The number of hydrogen-bond donors (Lipinski definition) is 1. The van der Waals surface area contributed by atoms with Crippen molar-refractivity contribution in [2.45, 2.75) is 103 Å². The van der Waals surface area contributed by atoms with Crippen LogP contribution in [0, 0.1) is 13.8 Å². The molecule has 41 heavy (non-hydrogen) atoms. The minimum Gasteiger partial charge on any atom is -0.475 e. The van der Waals surface area contributed by atoms with Crippen molar-refractivity contribution in [2.24, 2.45) is 0 Å². The quantitative estimate of drug-likeness (QED) is 0.437. The molecule has 8 nitrogen and oxygen atoms in total. The number of carbonyl (C=O) groups excluding carboxylic acids is 2. The van der Waals surface area contributed by atoms with Gasteiger partial charge in [-0.1, -0.05) is 44.9 Å². The van der Waals surface area contributed by atoms with Crippen molar-refractivity contribution in [3.63, 3.8) is 0 Å². The Hall–Kier alpha value is -2.82. The predicted octanol–water partition coefficient (Wildman–Crippen LogP) is 5.80. The Morgan fingerprint density at radius 3 is 2.07 bits per heavy atom. The number of alkyl halides is 3. The lowest BCUT2D eigenvalue weighted by atomic mass is 9.81. The SMILES string of the molecule is CCCCC1N(CCC)C(=O)OC12CCN(C1CCN(C(=O)c3c(C)cccc3C)CC1)CC2.O=C(O)C(F)(F)F. The molecule has 2 amide bonds. The Morgan fingerprint density at radius 2 is 1.59 bits per heavy atom. The van der Waals surface area contributed by atoms with Crippen molar-refractivity contribution in [3.05, 3.63) is 34.9 Å². The number of halogens is 3. The number of rotatable bonds is 7. The number of carboxylic acids is 1. The van der Waals surface area contributed by atoms with E-state index in [0.29, 0.717) is 6.04 Å². The first-order valence-electron chi connectivity index (χ1n) is 14.7. The highest BCUT2D eigenvalue weighted by molar-refractivity contribution is 5.97. The van der Waals surface area contributed by atoms with Crippen LogP contribution in [0.1, 0.15) is 86.7 Å². The summed E-state index contributed by atoms with van der Waals surface area (Å²) in [5, 5.41) is 7.12. The molecular formula is C30H44F3N3O5. The van der Waals surface area contributed by atoms with Crippen LogP contribution in [0.5, 0.6) is 0 Å². The number of amides is 2. The fourth-order valence-corrected chi connectivity index (χ4v) is 6.46. The molecule has 0 radical (unpaired) electrons. The van der Waals surface area contributed by atoms with Gasteiger partial charge in [0.05, 0.1) is 6.04 Å². The molecule has 230 valence electrons. The molecule has 3 fully saturated rings. The molecule has 0 aromatic heterocycles. The molecule has 3 aliphatic heterocycles. The maximum atomic E-state index is 13.2. The van der Waals surface area contributed by atoms with E-state index in [1.807, 2.05) is 41.8 Å². The fraction of sp³-hybridized carbons (Fsp3) is 0.700. The van der Waals surface area contributed by atoms with Crippen LogP contribution in [-0.4, -0.2) is 94.4 Å². The predicted molar refractivity (Wildman–Crippen MR) is 149 cm³/mol. The van der Waals surface area contributed by atoms with Crippen LogP contribution in [0.4, 0.5) is 18.0 Å². The van der Waals surface area contributed by atoms with Crippen molar-refractivity contribution >= 4 is 18.0 Å². The van der Waals surface area contributed by atoms with Crippen LogP contribution in [0.25, 0.3) is 0 Å². The largest absolute Gasteiger partial charge is 0.490 e. The normalized spacial score (nSPS) is 21.4. The first-order chi connectivity index (χ1) is 19.3. The molecular weight excluding hydrogens is 539 g/mol. The first-order valence-corrected chi connectivity index (χ1v) is 14.7. The van der Waals surface area contributed by atoms with Gasteiger partial charge in [-0.05, 0) is 50.7 Å². The lowest BCUT2D eigenvalue weighted by Gasteiger charge is -2.46. The molecule has 1 aromatic carbocycles. The number of carboxylic acid groups (broad SMARTS) is 1. The van der Waals surface area contributed by atoms with Crippen LogP contribution in [0.15, 0.2) is 18.2 Å². The number of aryl methyl sites for hydroxylation is 2. The number of piperidine rings is 2. The summed E-state index contributed by atoms with van der Waals surface area (Å²) in [4.78, 5) is 41.5. The van der Waals surface area contributed by atoms with Gasteiger partial charge in [-0.2, -0.15) is 13.2 Å². The molecule has 0 saturated carbocycles. The smallest absolute Gasteiger partial charge is 0.475 e. The Labute approximate surface area is 240 Å². The Balaban J connectivity index is 0.000000587. The van der Waals surface area contributed by atoms with Crippen molar-refractivity contribution < 1.29 is 37.4 Å². The molecule has 0 bridgehead atoms. The maximum absolute atomic E-state index is 13.2. The summed E-state index contributed by atoms with van der Waals surface area (Å²) in [5.41, 5.74) is 2.69. The number of hydrogen-bond acceptors (Lipinski definition) is 5. The minimum absolute atomic E-state index is 0.102. The lowest BCUT2D eigenvalue weighted by molar-refractivity contribution is -0.192. The van der Waals surface area contributed by atoms with E-state index in [-0.39, 0.29) is 23.6 Å². The number of aliphatic carboxylic acids is 1. The number of unbranched alkanes of at least 4 members (excludes halogenated alkanes) is 1. The Morgan fingerprint density at radius 1 is 1.02 bits per heavy atom. The second kappa shape index (κ2) is 13.9. The van der Waals surface area contributed by atoms with Crippen molar-refractivity contribution in [1.29, 1.82) is 0 Å². The van der Waals surface area contributed by atoms with Crippen LogP contribution in [0.3, 0.4) is 0 Å². The average Bonchev–Trinajstić information content (AvgIpc) is 3.17.